The number of para-hydroxylation sites is 1. The molecule has 2 aliphatic rings. The number of carbonyl (C=O) groups excluding carboxylic acids is 2. The minimum absolute atomic E-state index is 0. The Labute approximate surface area is 130 Å². The normalized spacial score (nSPS) is 21.7. The first-order valence-corrected chi connectivity index (χ1v) is 7.02. The van der Waals surface area contributed by atoms with E-state index in [0.717, 1.165) is 18.8 Å². The van der Waals surface area contributed by atoms with E-state index in [1.165, 1.54) is 0 Å². The van der Waals surface area contributed by atoms with Crippen LogP contribution in [-0.4, -0.2) is 49.4 Å². The average molecular weight is 310 g/mol. The predicted octanol–water partition coefficient (Wildman–Crippen LogP) is 0.891. The Morgan fingerprint density at radius 2 is 1.95 bits per heavy atom. The van der Waals surface area contributed by atoms with E-state index >= 15 is 0 Å². The van der Waals surface area contributed by atoms with Gasteiger partial charge in [0.15, 0.2) is 0 Å². The van der Waals surface area contributed by atoms with Crippen LogP contribution in [0.25, 0.3) is 0 Å². The van der Waals surface area contributed by atoms with Gasteiger partial charge in [-0.3, -0.25) is 9.59 Å². The van der Waals surface area contributed by atoms with Gasteiger partial charge in [0.1, 0.15) is 6.04 Å². The maximum Gasteiger partial charge on any atom is 0.249 e. The number of nitrogens with zero attached hydrogens (tertiary/aromatic N) is 2. The highest BCUT2D eigenvalue weighted by Crippen LogP contribution is 2.24. The third-order valence-electron chi connectivity index (χ3n) is 4.19. The van der Waals surface area contributed by atoms with E-state index in [0.29, 0.717) is 13.0 Å². The minimum atomic E-state index is -0.316. The Balaban J connectivity index is 0.00000161. The van der Waals surface area contributed by atoms with Gasteiger partial charge in [-0.25, -0.2) is 0 Å². The van der Waals surface area contributed by atoms with Crippen LogP contribution in [0.4, 0.5) is 5.69 Å². The molecule has 1 aromatic carbocycles. The van der Waals surface area contributed by atoms with Crippen LogP contribution < -0.4 is 10.2 Å². The van der Waals surface area contributed by atoms with Gasteiger partial charge in [-0.1, -0.05) is 18.2 Å². The predicted molar refractivity (Wildman–Crippen MR) is 83.6 cm³/mol. The Bertz CT molecular complexity index is 519. The molecular weight excluding hydrogens is 290 g/mol. The summed E-state index contributed by atoms with van der Waals surface area (Å²) in [7, 11) is 1.75. The molecule has 2 saturated heterocycles. The molecule has 114 valence electrons. The van der Waals surface area contributed by atoms with Gasteiger partial charge in [-0.2, -0.15) is 0 Å². The molecule has 21 heavy (non-hydrogen) atoms. The molecule has 2 heterocycles. The average Bonchev–Trinajstić information content (AvgIpc) is 2.78. The van der Waals surface area contributed by atoms with E-state index in [1.54, 1.807) is 16.8 Å². The largest absolute Gasteiger partial charge is 0.333 e. The lowest BCUT2D eigenvalue weighted by Gasteiger charge is -2.32. The van der Waals surface area contributed by atoms with Crippen molar-refractivity contribution in [3.63, 3.8) is 0 Å². The molecule has 2 fully saturated rings. The van der Waals surface area contributed by atoms with E-state index in [2.05, 4.69) is 5.32 Å². The summed E-state index contributed by atoms with van der Waals surface area (Å²) in [6.07, 6.45) is 0.704. The monoisotopic (exact) mass is 309 g/mol. The van der Waals surface area contributed by atoms with Crippen molar-refractivity contribution in [1.29, 1.82) is 0 Å². The van der Waals surface area contributed by atoms with Crippen molar-refractivity contribution in [2.24, 2.45) is 5.92 Å². The molecule has 0 bridgehead atoms. The molecule has 0 aromatic heterocycles. The van der Waals surface area contributed by atoms with Gasteiger partial charge < -0.3 is 15.1 Å². The molecule has 2 amide bonds. The first-order valence-electron chi connectivity index (χ1n) is 7.02. The molecule has 1 N–H and O–H groups in total. The van der Waals surface area contributed by atoms with Crippen molar-refractivity contribution in [2.45, 2.75) is 12.5 Å². The number of carbonyl (C=O) groups is 2. The lowest BCUT2D eigenvalue weighted by atomic mass is 10.0. The maximum atomic E-state index is 12.5. The molecule has 1 atom stereocenters. The van der Waals surface area contributed by atoms with Crippen LogP contribution in [0, 0.1) is 5.92 Å². The Morgan fingerprint density at radius 3 is 2.52 bits per heavy atom. The number of hydrogen-bond donors (Lipinski definition) is 1. The first kappa shape index (κ1) is 15.8. The molecule has 0 saturated carbocycles. The SMILES string of the molecule is CN(C(=O)C1CNC1)C1CCN(c2ccccc2)C1=O.Cl. The molecular formula is C15H20ClN3O2. The number of anilines is 1. The molecule has 0 aliphatic carbocycles. The summed E-state index contributed by atoms with van der Waals surface area (Å²) in [6, 6.07) is 9.31. The molecule has 5 nitrogen and oxygen atoms in total. The summed E-state index contributed by atoms with van der Waals surface area (Å²) < 4.78 is 0. The standard InChI is InChI=1S/C15H19N3O2.ClH/c1-17(14(19)11-9-16-10-11)13-7-8-18(15(13)20)12-5-3-2-4-6-12;/h2-6,11,13,16H,7-10H2,1H3;1H. The fourth-order valence-electron chi connectivity index (χ4n) is 2.79. The topological polar surface area (TPSA) is 52.7 Å². The van der Waals surface area contributed by atoms with Crippen molar-refractivity contribution in [3.8, 4) is 0 Å². The number of rotatable bonds is 3. The van der Waals surface area contributed by atoms with E-state index in [9.17, 15) is 9.59 Å². The zero-order valence-corrected chi connectivity index (χ0v) is 12.8. The third-order valence-corrected chi connectivity index (χ3v) is 4.19. The van der Waals surface area contributed by atoms with E-state index < -0.39 is 0 Å². The van der Waals surface area contributed by atoms with Crippen LogP contribution in [-0.2, 0) is 9.59 Å². The Hall–Kier alpha value is -1.59. The number of amides is 2. The van der Waals surface area contributed by atoms with Crippen LogP contribution in [0.1, 0.15) is 6.42 Å². The first-order chi connectivity index (χ1) is 9.68. The van der Waals surface area contributed by atoms with Crippen LogP contribution in [0.3, 0.4) is 0 Å². The van der Waals surface area contributed by atoms with E-state index in [4.69, 9.17) is 0 Å². The number of hydrogen-bond acceptors (Lipinski definition) is 3. The van der Waals surface area contributed by atoms with Crippen molar-refractivity contribution in [2.75, 3.05) is 31.6 Å². The van der Waals surface area contributed by atoms with Gasteiger partial charge in [0.2, 0.25) is 11.8 Å². The highest BCUT2D eigenvalue weighted by Gasteiger charge is 2.39. The lowest BCUT2D eigenvalue weighted by Crippen LogP contribution is -2.54. The molecule has 3 rings (SSSR count). The molecule has 2 aliphatic heterocycles. The van der Waals surface area contributed by atoms with E-state index in [-0.39, 0.29) is 36.2 Å². The van der Waals surface area contributed by atoms with E-state index in [1.807, 2.05) is 30.3 Å². The second kappa shape index (κ2) is 6.45. The van der Waals surface area contributed by atoms with Gasteiger partial charge in [0.05, 0.1) is 5.92 Å². The fraction of sp³-hybridized carbons (Fsp3) is 0.467. The van der Waals surface area contributed by atoms with Crippen molar-refractivity contribution in [1.82, 2.24) is 10.2 Å². The van der Waals surface area contributed by atoms with Crippen LogP contribution >= 0.6 is 12.4 Å². The molecule has 0 spiro atoms. The fourth-order valence-corrected chi connectivity index (χ4v) is 2.79. The van der Waals surface area contributed by atoms with Crippen molar-refractivity contribution in [3.05, 3.63) is 30.3 Å². The van der Waals surface area contributed by atoms with Crippen LogP contribution in [0.2, 0.25) is 0 Å². The summed E-state index contributed by atoms with van der Waals surface area (Å²) >= 11 is 0. The highest BCUT2D eigenvalue weighted by atomic mass is 35.5. The van der Waals surface area contributed by atoms with Crippen molar-refractivity contribution >= 4 is 29.9 Å². The van der Waals surface area contributed by atoms with Gasteiger partial charge in [0, 0.05) is 32.4 Å². The number of nitrogens with one attached hydrogen (secondary N) is 1. The third kappa shape index (κ3) is 2.89. The quantitative estimate of drug-likeness (QED) is 0.902. The molecule has 6 heteroatoms. The molecule has 0 radical (unpaired) electrons. The second-order valence-corrected chi connectivity index (χ2v) is 5.43. The highest BCUT2D eigenvalue weighted by molar-refractivity contribution is 6.01. The number of likely N-dealkylation sites (N-methyl/N-ethyl adjacent to an activating group) is 1. The summed E-state index contributed by atoms with van der Waals surface area (Å²) in [6.45, 7) is 2.13. The zero-order chi connectivity index (χ0) is 14.1. The Morgan fingerprint density at radius 1 is 1.29 bits per heavy atom. The Kier molecular flexibility index (Phi) is 4.85. The number of halogens is 1. The molecule has 1 unspecified atom stereocenters. The van der Waals surface area contributed by atoms with Crippen molar-refractivity contribution < 1.29 is 9.59 Å². The summed E-state index contributed by atoms with van der Waals surface area (Å²) in [5.41, 5.74) is 0.908. The van der Waals surface area contributed by atoms with Gasteiger partial charge in [-0.05, 0) is 18.6 Å². The maximum absolute atomic E-state index is 12.5. The lowest BCUT2D eigenvalue weighted by molar-refractivity contribution is -0.141. The summed E-state index contributed by atoms with van der Waals surface area (Å²) in [5.74, 6) is 0.148. The smallest absolute Gasteiger partial charge is 0.249 e. The van der Waals surface area contributed by atoms with Crippen LogP contribution in [0.15, 0.2) is 30.3 Å². The summed E-state index contributed by atoms with van der Waals surface area (Å²) in [4.78, 5) is 28.1. The van der Waals surface area contributed by atoms with Gasteiger partial charge in [0.25, 0.3) is 0 Å². The number of benzene rings is 1. The van der Waals surface area contributed by atoms with Gasteiger partial charge >= 0.3 is 0 Å². The zero-order valence-electron chi connectivity index (χ0n) is 12.0. The minimum Gasteiger partial charge on any atom is -0.333 e. The van der Waals surface area contributed by atoms with Gasteiger partial charge in [-0.15, -0.1) is 12.4 Å². The summed E-state index contributed by atoms with van der Waals surface area (Å²) in [5, 5.41) is 3.09. The van der Waals surface area contributed by atoms with Crippen LogP contribution in [0.5, 0.6) is 0 Å². The second-order valence-electron chi connectivity index (χ2n) is 5.43. The molecule has 1 aromatic rings.